The van der Waals surface area contributed by atoms with Crippen LogP contribution in [0.5, 0.6) is 0 Å². The fourth-order valence-electron chi connectivity index (χ4n) is 13.5. The number of ether oxygens (including phenoxy) is 2. The highest BCUT2D eigenvalue weighted by Gasteiger charge is 2.61. The first-order chi connectivity index (χ1) is 43.7. The van der Waals surface area contributed by atoms with E-state index in [0.717, 1.165) is 70.8 Å². The van der Waals surface area contributed by atoms with E-state index in [4.69, 9.17) is 20.3 Å². The molecule has 0 spiro atoms. The van der Waals surface area contributed by atoms with Gasteiger partial charge in [-0.2, -0.15) is 8.78 Å². The number of hydrogen-bond acceptors (Lipinski definition) is 14. The quantitative estimate of drug-likeness (QED) is 0.0322. The number of imidazole rings is 2. The van der Waals surface area contributed by atoms with Crippen molar-refractivity contribution in [1.29, 1.82) is 0 Å². The molecule has 0 aromatic carbocycles. The molecule has 2 aromatic heterocycles. The summed E-state index contributed by atoms with van der Waals surface area (Å²) < 4.78 is 98.9. The van der Waals surface area contributed by atoms with Crippen LogP contribution >= 0.6 is 0 Å². The van der Waals surface area contributed by atoms with Crippen molar-refractivity contribution in [1.82, 2.24) is 19.1 Å². The second-order valence-electron chi connectivity index (χ2n) is 26.1. The van der Waals surface area contributed by atoms with Crippen LogP contribution in [0.2, 0.25) is 0 Å². The summed E-state index contributed by atoms with van der Waals surface area (Å²) in [6.07, 6.45) is 26.4. The SMILES string of the molecule is CCCCC(F)(F)[C@@]1(O)CC[C@H]2[C@@H](CC(=O)[C@@H]2CCCCCCC(=O)O)O1.CCCCCCC[C@H]1C(=O)C[C@@H](O)[C@H]1CCC(=O)C(F)(F)CCCC.CCCCCCC[C@H]1C(=O)C[C@H]2OC(O)(C(F)(F)CCCC)CC[C@@H]21.CCN.O=C(n1ccnc1)n1ccnc1. The molecule has 6 N–H and O–H groups in total. The largest absolute Gasteiger partial charge is 0.481 e. The van der Waals surface area contributed by atoms with Gasteiger partial charge in [-0.1, -0.05) is 144 Å². The van der Waals surface area contributed by atoms with Crippen LogP contribution in [0.4, 0.5) is 31.1 Å². The van der Waals surface area contributed by atoms with Gasteiger partial charge in [0, 0.05) is 107 Å². The number of aliphatic carboxylic acids is 1. The average Bonchev–Trinajstić information content (AvgIpc) is 1.49. The van der Waals surface area contributed by atoms with Gasteiger partial charge in [-0.3, -0.25) is 33.1 Å². The minimum atomic E-state index is -3.31. The molecule has 5 aliphatic rings. The van der Waals surface area contributed by atoms with Gasteiger partial charge >= 0.3 is 29.8 Å². The molecule has 1 unspecified atom stereocenters. The molecule has 3 aliphatic carbocycles. The molecule has 0 amide bonds. The van der Waals surface area contributed by atoms with Gasteiger partial charge in [-0.25, -0.2) is 32.3 Å². The van der Waals surface area contributed by atoms with Crippen molar-refractivity contribution in [3.63, 3.8) is 0 Å². The second kappa shape index (κ2) is 41.5. The third-order valence-electron chi connectivity index (χ3n) is 18.9. The smallest absolute Gasteiger partial charge is 0.338 e. The Morgan fingerprint density at radius 2 is 0.935 bits per heavy atom. The standard InChI is InChI=1S/C20H32F2O5.2C20H34F2O3.C7H6N4O.C2H7N/c1-2-3-11-19(21,22)20(26)12-10-15-14(16(23)13-17(15)27-20)8-6-4-5-7-9-18(24)25;1-3-5-7-8-9-10-15-16-11-13-20(24,19(21,22)12-6-4-2)25-18(16)14-17(15)23;1-3-5-7-8-9-10-15-16(18(24)14-17(15)23)11-12-19(25)20(21,22)13-6-4-2;12-7(10-3-1-8-5-10)11-4-2-9-6-11;1-2-3/h14-15,17,26H,2-13H2,1H3,(H,24,25);2*15-16,18,24H,3-14H2,1-2H3;1-6H;2-3H2,1H3/t14-,15-,17-,20-;15-,16-,18-,20?;15-,16+,18-;;/m111../s1. The lowest BCUT2D eigenvalue weighted by atomic mass is 9.81. The summed E-state index contributed by atoms with van der Waals surface area (Å²) >= 11 is 0. The fraction of sp³-hybridized carbons (Fsp3) is 0.826. The van der Waals surface area contributed by atoms with Crippen molar-refractivity contribution in [3.8, 4) is 0 Å². The van der Waals surface area contributed by atoms with Gasteiger partial charge in [0.25, 0.3) is 0 Å². The molecule has 7 rings (SSSR count). The van der Waals surface area contributed by atoms with E-state index in [2.05, 4.69) is 23.8 Å². The monoisotopic (exact) mass is 1320 g/mol. The fourth-order valence-corrected chi connectivity index (χ4v) is 13.5. The lowest BCUT2D eigenvalue weighted by molar-refractivity contribution is -0.356. The maximum atomic E-state index is 14.4. The number of fused-ring (bicyclic) bond motifs is 2. The van der Waals surface area contributed by atoms with Crippen molar-refractivity contribution in [2.75, 3.05) is 6.54 Å². The Morgan fingerprint density at radius 3 is 1.33 bits per heavy atom. The van der Waals surface area contributed by atoms with Crippen LogP contribution in [0.1, 0.15) is 273 Å². The van der Waals surface area contributed by atoms with Crippen LogP contribution in [-0.2, 0) is 33.4 Å². The molecule has 2 saturated heterocycles. The summed E-state index contributed by atoms with van der Waals surface area (Å²) in [4.78, 5) is 78.1. The molecule has 0 bridgehead atoms. The summed E-state index contributed by atoms with van der Waals surface area (Å²) in [5.41, 5.74) is 4.85. The van der Waals surface area contributed by atoms with Gasteiger partial charge in [-0.15, -0.1) is 0 Å². The Morgan fingerprint density at radius 1 is 0.554 bits per heavy atom. The number of aromatic nitrogens is 4. The molecule has 528 valence electrons. The van der Waals surface area contributed by atoms with Gasteiger partial charge in [-0.05, 0) is 88.5 Å². The highest BCUT2D eigenvalue weighted by atomic mass is 19.3. The van der Waals surface area contributed by atoms with Gasteiger partial charge in [0.2, 0.25) is 17.4 Å². The summed E-state index contributed by atoms with van der Waals surface area (Å²) in [6.45, 7) is 12.4. The zero-order valence-electron chi connectivity index (χ0n) is 56.0. The van der Waals surface area contributed by atoms with E-state index in [-0.39, 0.29) is 117 Å². The Bertz CT molecular complexity index is 2400. The van der Waals surface area contributed by atoms with Crippen LogP contribution in [0.3, 0.4) is 0 Å². The van der Waals surface area contributed by atoms with Crippen LogP contribution in [0, 0.1) is 35.5 Å². The highest BCUT2D eigenvalue weighted by molar-refractivity contribution is 5.87. The average molecular weight is 1320 g/mol. The lowest BCUT2D eigenvalue weighted by Gasteiger charge is -2.43. The predicted molar refractivity (Wildman–Crippen MR) is 339 cm³/mol. The van der Waals surface area contributed by atoms with Gasteiger partial charge < -0.3 is 35.6 Å². The van der Waals surface area contributed by atoms with Crippen LogP contribution in [0.25, 0.3) is 0 Å². The number of unbranched alkanes of at least 4 members (excludes halogenated alkanes) is 14. The van der Waals surface area contributed by atoms with Crippen molar-refractivity contribution < 1.29 is 85.0 Å². The molecule has 0 radical (unpaired) electrons. The molecule has 3 saturated carbocycles. The van der Waals surface area contributed by atoms with Crippen molar-refractivity contribution in [2.45, 2.75) is 320 Å². The topological polar surface area (TPSA) is 263 Å². The Hall–Kier alpha value is -4.42. The number of Topliss-reactive ketones (excluding diaryl/α,β-unsaturated/α-hetero) is 4. The van der Waals surface area contributed by atoms with Crippen molar-refractivity contribution in [3.05, 3.63) is 37.4 Å². The third kappa shape index (κ3) is 25.6. The van der Waals surface area contributed by atoms with E-state index >= 15 is 0 Å². The number of carbonyl (C=O) groups excluding carboxylic acids is 5. The number of halogens is 6. The summed E-state index contributed by atoms with van der Waals surface area (Å²) in [7, 11) is 0. The zero-order chi connectivity index (χ0) is 68.5. The highest BCUT2D eigenvalue weighted by Crippen LogP contribution is 2.51. The number of carboxylic acids is 1. The van der Waals surface area contributed by atoms with E-state index < -0.39 is 72.2 Å². The molecule has 4 heterocycles. The Balaban J connectivity index is 0.000000324. The number of rotatable bonds is 34. The predicted octanol–water partition coefficient (Wildman–Crippen LogP) is 15.2. The van der Waals surface area contributed by atoms with E-state index in [9.17, 15) is 70.4 Å². The van der Waals surface area contributed by atoms with E-state index in [1.165, 1.54) is 47.5 Å². The van der Waals surface area contributed by atoms with Gasteiger partial charge in [0.15, 0.2) is 0 Å². The number of alkyl halides is 6. The number of hydrogen-bond donors (Lipinski definition) is 5. The summed E-state index contributed by atoms with van der Waals surface area (Å²) in [5.74, 6) is -17.3. The maximum Gasteiger partial charge on any atom is 0.338 e. The number of nitrogens with two attached hydrogens (primary N) is 1. The number of aliphatic hydroxyl groups excluding tert-OH is 1. The molecule has 23 heteroatoms. The van der Waals surface area contributed by atoms with E-state index in [1.807, 2.05) is 27.7 Å². The molecule has 17 nitrogen and oxygen atoms in total. The molecule has 2 aliphatic heterocycles. The Labute approximate surface area is 542 Å². The minimum Gasteiger partial charge on any atom is -0.481 e. The number of ketones is 4. The Kier molecular flexibility index (Phi) is 36.9. The number of aliphatic hydroxyl groups is 3. The lowest BCUT2D eigenvalue weighted by Crippen LogP contribution is -2.55. The molecular formula is C69H113F6N5O12. The van der Waals surface area contributed by atoms with Crippen LogP contribution in [-0.4, -0.2) is 129 Å². The summed E-state index contributed by atoms with van der Waals surface area (Å²) in [5, 5.41) is 39.6. The number of carbonyl (C=O) groups is 6. The van der Waals surface area contributed by atoms with Crippen LogP contribution < -0.4 is 5.73 Å². The van der Waals surface area contributed by atoms with Gasteiger partial charge in [0.1, 0.15) is 30.0 Å². The third-order valence-corrected chi connectivity index (χ3v) is 18.9. The second-order valence-corrected chi connectivity index (χ2v) is 26.1. The molecule has 92 heavy (non-hydrogen) atoms. The van der Waals surface area contributed by atoms with Crippen molar-refractivity contribution >= 4 is 35.1 Å². The number of nitrogens with zero attached hydrogens (tertiary/aromatic N) is 4. The van der Waals surface area contributed by atoms with Crippen LogP contribution in [0.15, 0.2) is 37.4 Å². The van der Waals surface area contributed by atoms with E-state index in [0.29, 0.717) is 70.6 Å². The van der Waals surface area contributed by atoms with E-state index in [1.54, 1.807) is 24.8 Å². The zero-order valence-corrected chi connectivity index (χ0v) is 56.0. The first-order valence-corrected chi connectivity index (χ1v) is 34.8. The van der Waals surface area contributed by atoms with Gasteiger partial charge in [0.05, 0.1) is 18.3 Å². The normalized spacial score (nSPS) is 26.1. The molecule has 2 aromatic rings. The van der Waals surface area contributed by atoms with Crippen molar-refractivity contribution in [2.24, 2.45) is 41.2 Å². The summed E-state index contributed by atoms with van der Waals surface area (Å²) in [6, 6.07) is -0.190. The molecule has 5 fully saturated rings. The first kappa shape index (κ1) is 81.8. The molecular weight excluding hydrogens is 1200 g/mol. The minimum absolute atomic E-state index is 0.000857. The molecule has 11 atom stereocenters. The first-order valence-electron chi connectivity index (χ1n) is 34.8. The maximum absolute atomic E-state index is 14.4. The number of carboxylic acid groups (broad SMARTS) is 1.